The number of benzene rings is 3. The average molecular weight is 787 g/mol. The third-order valence-corrected chi connectivity index (χ3v) is 13.8. The Hall–Kier alpha value is -3.07. The van der Waals surface area contributed by atoms with Crippen molar-refractivity contribution in [1.29, 1.82) is 0 Å². The fourth-order valence-electron chi connectivity index (χ4n) is 10.5. The van der Waals surface area contributed by atoms with E-state index in [4.69, 9.17) is 0 Å². The van der Waals surface area contributed by atoms with Crippen LogP contribution in [0.15, 0.2) is 54.6 Å². The summed E-state index contributed by atoms with van der Waals surface area (Å²) >= 11 is 0. The zero-order chi connectivity index (χ0) is 40.2. The molecule has 2 aliphatic heterocycles. The lowest BCUT2D eigenvalue weighted by Gasteiger charge is -2.28. The summed E-state index contributed by atoms with van der Waals surface area (Å²) in [5.74, 6) is 0. The molecule has 0 saturated carbocycles. The van der Waals surface area contributed by atoms with Gasteiger partial charge in [0.15, 0.2) is 0 Å². The lowest BCUT2D eigenvalue weighted by atomic mass is 9.89. The van der Waals surface area contributed by atoms with E-state index in [0.717, 1.165) is 19.6 Å². The van der Waals surface area contributed by atoms with E-state index >= 15 is 0 Å². The standard InChI is InChI=1S/C55H84N3/c1-4-7-10-13-16-19-22-25-28-31-43-56-46-37-34-39-48-52(46)55-53-47(56)38-35-40-49(53)58(45-33-30-27-24-21-18-15-12-9-6-3)51-42-36-41-50(54(51)55)57(48)44-32-29-26-23-20-17-14-11-8-5-2/h34-42H,4-33,43-45H2,1-3H3/q+1. The molecule has 58 heavy (non-hydrogen) atoms. The van der Waals surface area contributed by atoms with Crippen molar-refractivity contribution in [3.8, 4) is 11.1 Å². The maximum Gasteiger partial charge on any atom is 0.215 e. The first-order valence-corrected chi connectivity index (χ1v) is 25.4. The molecule has 0 unspecified atom stereocenters. The van der Waals surface area contributed by atoms with Gasteiger partial charge in [-0.25, -0.2) is 0 Å². The summed E-state index contributed by atoms with van der Waals surface area (Å²) in [6.07, 6.45) is 41.3. The predicted molar refractivity (Wildman–Crippen MR) is 256 cm³/mol. The zero-order valence-corrected chi connectivity index (χ0v) is 37.9. The van der Waals surface area contributed by atoms with Crippen molar-refractivity contribution >= 4 is 43.9 Å². The topological polar surface area (TPSA) is 13.7 Å². The maximum absolute atomic E-state index is 2.74. The smallest absolute Gasteiger partial charge is 0.215 e. The Kier molecular flexibility index (Phi) is 19.1. The van der Waals surface area contributed by atoms with Crippen LogP contribution in [0.25, 0.3) is 55.0 Å². The summed E-state index contributed by atoms with van der Waals surface area (Å²) in [7, 11) is 0. The Labute approximate surface area is 355 Å². The summed E-state index contributed by atoms with van der Waals surface area (Å²) in [6, 6.07) is 21.7. The number of unbranched alkanes of at least 4 members (excludes halogenated alkanes) is 27. The molecule has 3 aromatic carbocycles. The molecule has 3 heterocycles. The highest BCUT2D eigenvalue weighted by Crippen LogP contribution is 2.47. The van der Waals surface area contributed by atoms with Crippen LogP contribution in [0.5, 0.6) is 0 Å². The Morgan fingerprint density at radius 2 is 0.638 bits per heavy atom. The van der Waals surface area contributed by atoms with Crippen molar-refractivity contribution in [3.63, 3.8) is 0 Å². The molecule has 0 spiro atoms. The average Bonchev–Trinajstić information content (AvgIpc) is 3.25. The van der Waals surface area contributed by atoms with Crippen LogP contribution < -0.4 is 4.57 Å². The van der Waals surface area contributed by atoms with Crippen molar-refractivity contribution in [2.75, 3.05) is 0 Å². The second kappa shape index (κ2) is 24.9. The first-order valence-electron chi connectivity index (χ1n) is 25.4. The molecule has 4 aromatic rings. The quantitative estimate of drug-likeness (QED) is 0.0171. The predicted octanol–water partition coefficient (Wildman–Crippen LogP) is 17.5. The van der Waals surface area contributed by atoms with Gasteiger partial charge in [-0.3, -0.25) is 0 Å². The minimum Gasteiger partial charge on any atom is -0.340 e. The highest BCUT2D eigenvalue weighted by atomic mass is 15.0. The van der Waals surface area contributed by atoms with Crippen LogP contribution in [0.4, 0.5) is 0 Å². The van der Waals surface area contributed by atoms with Crippen LogP contribution in [0.3, 0.4) is 0 Å². The maximum atomic E-state index is 2.74. The molecule has 0 saturated heterocycles. The van der Waals surface area contributed by atoms with Gasteiger partial charge in [0.05, 0.1) is 32.8 Å². The molecule has 0 aliphatic carbocycles. The molecule has 0 fully saturated rings. The van der Waals surface area contributed by atoms with Crippen LogP contribution in [-0.4, -0.2) is 9.13 Å². The third-order valence-electron chi connectivity index (χ3n) is 13.8. The number of hydrogen-bond donors (Lipinski definition) is 0. The van der Waals surface area contributed by atoms with Gasteiger partial charge in [0, 0.05) is 42.8 Å². The molecule has 0 atom stereocenters. The molecule has 0 N–H and O–H groups in total. The largest absolute Gasteiger partial charge is 0.340 e. The van der Waals surface area contributed by atoms with E-state index in [1.165, 1.54) is 248 Å². The van der Waals surface area contributed by atoms with Crippen molar-refractivity contribution in [2.45, 2.75) is 233 Å². The van der Waals surface area contributed by atoms with Gasteiger partial charge in [-0.1, -0.05) is 206 Å². The van der Waals surface area contributed by atoms with Crippen LogP contribution >= 0.6 is 0 Å². The molecule has 0 bridgehead atoms. The van der Waals surface area contributed by atoms with Crippen molar-refractivity contribution < 1.29 is 4.57 Å². The first kappa shape index (κ1) is 44.5. The van der Waals surface area contributed by atoms with Crippen LogP contribution in [-0.2, 0) is 19.6 Å². The number of aromatic nitrogens is 3. The minimum absolute atomic E-state index is 1.10. The van der Waals surface area contributed by atoms with Gasteiger partial charge >= 0.3 is 0 Å². The van der Waals surface area contributed by atoms with Gasteiger partial charge in [0.2, 0.25) is 11.0 Å². The molecule has 3 nitrogen and oxygen atoms in total. The fourth-order valence-corrected chi connectivity index (χ4v) is 10.5. The number of aryl methyl sites for hydroxylation is 3. The van der Waals surface area contributed by atoms with E-state index in [9.17, 15) is 0 Å². The Morgan fingerprint density at radius 1 is 0.328 bits per heavy atom. The summed E-state index contributed by atoms with van der Waals surface area (Å²) in [4.78, 5) is 0. The van der Waals surface area contributed by atoms with Crippen molar-refractivity contribution in [2.24, 2.45) is 0 Å². The van der Waals surface area contributed by atoms with Gasteiger partial charge in [-0.05, 0) is 43.5 Å². The van der Waals surface area contributed by atoms with Crippen LogP contribution in [0.1, 0.15) is 213 Å². The van der Waals surface area contributed by atoms with Crippen molar-refractivity contribution in [3.05, 3.63) is 54.6 Å². The summed E-state index contributed by atoms with van der Waals surface area (Å²) in [6.45, 7) is 10.3. The van der Waals surface area contributed by atoms with E-state index < -0.39 is 0 Å². The Morgan fingerprint density at radius 3 is 1.02 bits per heavy atom. The van der Waals surface area contributed by atoms with Gasteiger partial charge in [-0.15, -0.1) is 0 Å². The van der Waals surface area contributed by atoms with E-state index in [1.807, 2.05) is 0 Å². The summed E-state index contributed by atoms with van der Waals surface area (Å²) in [5, 5.41) is 3.00. The Balaban J connectivity index is 1.26. The number of pyridine rings is 3. The highest BCUT2D eigenvalue weighted by molar-refractivity contribution is 6.24. The highest BCUT2D eigenvalue weighted by Gasteiger charge is 2.31. The SMILES string of the molecule is CCCCCCCCCCCCn1c2cccc3c2-c2c4c1cccc4[n+](CCCCCCCCCCCC)c1cccc(c21)n3CCCCCCCCCCCC. The summed E-state index contributed by atoms with van der Waals surface area (Å²) in [5.41, 5.74) is 11.6. The van der Waals surface area contributed by atoms with E-state index in [0.29, 0.717) is 0 Å². The van der Waals surface area contributed by atoms with E-state index in [-0.39, 0.29) is 0 Å². The van der Waals surface area contributed by atoms with Crippen LogP contribution in [0.2, 0.25) is 0 Å². The van der Waals surface area contributed by atoms with Gasteiger partial charge in [0.25, 0.3) is 0 Å². The van der Waals surface area contributed by atoms with Crippen molar-refractivity contribution in [1.82, 2.24) is 9.13 Å². The molecular weight excluding hydrogens is 703 g/mol. The first-order chi connectivity index (χ1) is 28.8. The van der Waals surface area contributed by atoms with Gasteiger partial charge < -0.3 is 9.13 Å². The third kappa shape index (κ3) is 11.6. The molecule has 2 aliphatic rings. The molecule has 1 aromatic heterocycles. The minimum atomic E-state index is 1.10. The normalized spacial score (nSPS) is 12.3. The fraction of sp³-hybridized carbons (Fsp3) is 0.655. The number of rotatable bonds is 33. The monoisotopic (exact) mass is 787 g/mol. The van der Waals surface area contributed by atoms with E-state index in [2.05, 4.69) is 89.1 Å². The second-order valence-electron chi connectivity index (χ2n) is 18.4. The molecular formula is C55H84N3+. The molecule has 3 heteroatoms. The molecule has 6 rings (SSSR count). The molecule has 0 radical (unpaired) electrons. The second-order valence-corrected chi connectivity index (χ2v) is 18.4. The lowest BCUT2D eigenvalue weighted by Crippen LogP contribution is -2.36. The molecule has 318 valence electrons. The lowest BCUT2D eigenvalue weighted by molar-refractivity contribution is -0.645. The molecule has 0 amide bonds. The van der Waals surface area contributed by atoms with E-state index in [1.54, 1.807) is 0 Å². The number of hydrogen-bond acceptors (Lipinski definition) is 0. The number of nitrogens with zero attached hydrogens (tertiary/aromatic N) is 3. The zero-order valence-electron chi connectivity index (χ0n) is 37.9. The van der Waals surface area contributed by atoms with Gasteiger partial charge in [0.1, 0.15) is 6.54 Å². The van der Waals surface area contributed by atoms with Crippen LogP contribution in [0, 0.1) is 0 Å². The summed E-state index contributed by atoms with van der Waals surface area (Å²) < 4.78 is 8.21. The Bertz CT molecular complexity index is 1850. The van der Waals surface area contributed by atoms with Gasteiger partial charge in [-0.2, -0.15) is 4.57 Å².